The van der Waals surface area contributed by atoms with E-state index in [9.17, 15) is 0 Å². The van der Waals surface area contributed by atoms with Crippen molar-refractivity contribution in [2.24, 2.45) is 0 Å². The van der Waals surface area contributed by atoms with Crippen molar-refractivity contribution in [3.05, 3.63) is 0 Å². The van der Waals surface area contributed by atoms with Crippen molar-refractivity contribution in [2.45, 2.75) is 25.6 Å². The summed E-state index contributed by atoms with van der Waals surface area (Å²) in [7, 11) is 3.35. The molecule has 0 radical (unpaired) electrons. The number of alkyl halides is 1. The maximum atomic E-state index is 5.16. The molecular formula is C7H15IO2. The standard InChI is InChI=1S/C7H15IO2/c1-7(9-2,10-3)5-4-6-8/h4-6H2,1-3H3. The highest BCUT2D eigenvalue weighted by atomic mass is 127. The summed E-state index contributed by atoms with van der Waals surface area (Å²) in [5.74, 6) is -0.370. The highest BCUT2D eigenvalue weighted by Crippen LogP contribution is 2.17. The summed E-state index contributed by atoms with van der Waals surface area (Å²) in [6.07, 6.45) is 2.10. The van der Waals surface area contributed by atoms with Gasteiger partial charge in [-0.05, 0) is 17.8 Å². The molecule has 10 heavy (non-hydrogen) atoms. The van der Waals surface area contributed by atoms with Crippen LogP contribution in [0.1, 0.15) is 19.8 Å². The Hall–Kier alpha value is 0.650. The maximum absolute atomic E-state index is 5.16. The lowest BCUT2D eigenvalue weighted by Gasteiger charge is -2.25. The van der Waals surface area contributed by atoms with Gasteiger partial charge in [0, 0.05) is 20.6 Å². The fourth-order valence-electron chi connectivity index (χ4n) is 0.675. The van der Waals surface area contributed by atoms with Gasteiger partial charge in [-0.1, -0.05) is 22.6 Å². The van der Waals surface area contributed by atoms with Crippen LogP contribution >= 0.6 is 22.6 Å². The second-order valence-corrected chi connectivity index (χ2v) is 3.41. The predicted molar refractivity (Wildman–Crippen MR) is 50.5 cm³/mol. The normalized spacial score (nSPS) is 12.0. The first-order chi connectivity index (χ1) is 4.68. The summed E-state index contributed by atoms with van der Waals surface area (Å²) < 4.78 is 11.5. The second kappa shape index (κ2) is 5.32. The summed E-state index contributed by atoms with van der Waals surface area (Å²) in [4.78, 5) is 0. The van der Waals surface area contributed by atoms with E-state index in [0.717, 1.165) is 17.3 Å². The van der Waals surface area contributed by atoms with Gasteiger partial charge in [-0.25, -0.2) is 0 Å². The highest BCUT2D eigenvalue weighted by molar-refractivity contribution is 14.1. The molecule has 0 unspecified atom stereocenters. The molecule has 0 N–H and O–H groups in total. The van der Waals surface area contributed by atoms with Crippen molar-refractivity contribution in [2.75, 3.05) is 18.6 Å². The van der Waals surface area contributed by atoms with Gasteiger partial charge in [-0.15, -0.1) is 0 Å². The molecule has 0 aromatic carbocycles. The molecular weight excluding hydrogens is 243 g/mol. The van der Waals surface area contributed by atoms with Crippen LogP contribution in [-0.4, -0.2) is 24.4 Å². The highest BCUT2D eigenvalue weighted by Gasteiger charge is 2.20. The molecule has 0 atom stereocenters. The molecule has 0 heterocycles. The van der Waals surface area contributed by atoms with Crippen LogP contribution in [0.5, 0.6) is 0 Å². The fourth-order valence-corrected chi connectivity index (χ4v) is 1.06. The number of ether oxygens (including phenoxy) is 2. The Kier molecular flexibility index (Phi) is 5.67. The third-order valence-corrected chi connectivity index (χ3v) is 2.39. The first-order valence-corrected chi connectivity index (χ1v) is 4.87. The van der Waals surface area contributed by atoms with Crippen LogP contribution in [0.15, 0.2) is 0 Å². The zero-order valence-corrected chi connectivity index (χ0v) is 8.97. The van der Waals surface area contributed by atoms with Crippen LogP contribution in [0.4, 0.5) is 0 Å². The zero-order chi connectivity index (χ0) is 8.04. The molecule has 0 aromatic heterocycles. The van der Waals surface area contributed by atoms with Gasteiger partial charge in [0.25, 0.3) is 0 Å². The van der Waals surface area contributed by atoms with Crippen LogP contribution < -0.4 is 0 Å². The van der Waals surface area contributed by atoms with Crippen LogP contribution in [0.2, 0.25) is 0 Å². The van der Waals surface area contributed by atoms with E-state index in [1.54, 1.807) is 14.2 Å². The van der Waals surface area contributed by atoms with Crippen molar-refractivity contribution in [3.8, 4) is 0 Å². The Morgan fingerprint density at radius 1 is 1.30 bits per heavy atom. The molecule has 0 bridgehead atoms. The van der Waals surface area contributed by atoms with Crippen molar-refractivity contribution < 1.29 is 9.47 Å². The molecule has 0 aliphatic carbocycles. The molecule has 2 nitrogen and oxygen atoms in total. The summed E-state index contributed by atoms with van der Waals surface area (Å²) >= 11 is 2.35. The van der Waals surface area contributed by atoms with Gasteiger partial charge in [0.1, 0.15) is 0 Å². The lowest BCUT2D eigenvalue weighted by molar-refractivity contribution is -0.196. The van der Waals surface area contributed by atoms with Crippen molar-refractivity contribution >= 4 is 22.6 Å². The predicted octanol–water partition coefficient (Wildman–Crippen LogP) is 2.21. The number of hydrogen-bond acceptors (Lipinski definition) is 2. The van der Waals surface area contributed by atoms with Gasteiger partial charge >= 0.3 is 0 Å². The number of methoxy groups -OCH3 is 2. The van der Waals surface area contributed by atoms with Gasteiger partial charge in [-0.2, -0.15) is 0 Å². The van der Waals surface area contributed by atoms with E-state index in [1.165, 1.54) is 0 Å². The first kappa shape index (κ1) is 10.7. The van der Waals surface area contributed by atoms with E-state index in [4.69, 9.17) is 9.47 Å². The molecule has 0 saturated heterocycles. The number of hydrogen-bond donors (Lipinski definition) is 0. The lowest BCUT2D eigenvalue weighted by atomic mass is 10.2. The first-order valence-electron chi connectivity index (χ1n) is 3.35. The fraction of sp³-hybridized carbons (Fsp3) is 1.00. The maximum Gasteiger partial charge on any atom is 0.164 e. The van der Waals surface area contributed by atoms with Gasteiger partial charge in [-0.3, -0.25) is 0 Å². The average Bonchev–Trinajstić information content (AvgIpc) is 2.00. The molecule has 0 saturated carbocycles. The number of halogens is 1. The van der Waals surface area contributed by atoms with Gasteiger partial charge in [0.15, 0.2) is 5.79 Å². The Bertz CT molecular complexity index is 81.7. The quantitative estimate of drug-likeness (QED) is 0.427. The third-order valence-electron chi connectivity index (χ3n) is 1.63. The molecule has 62 valence electrons. The number of rotatable bonds is 5. The third kappa shape index (κ3) is 3.73. The Balaban J connectivity index is 3.58. The average molecular weight is 258 g/mol. The van der Waals surface area contributed by atoms with E-state index in [0.29, 0.717) is 0 Å². The summed E-state index contributed by atoms with van der Waals surface area (Å²) in [6, 6.07) is 0. The molecule has 0 fully saturated rings. The molecule has 0 aliphatic rings. The van der Waals surface area contributed by atoms with Crippen LogP contribution in [0.25, 0.3) is 0 Å². The van der Waals surface area contributed by atoms with E-state index in [1.807, 2.05) is 6.92 Å². The molecule has 0 spiro atoms. The van der Waals surface area contributed by atoms with Crippen molar-refractivity contribution in [1.82, 2.24) is 0 Å². The summed E-state index contributed by atoms with van der Waals surface area (Å²) in [6.45, 7) is 1.96. The SMILES string of the molecule is COC(C)(CCCI)OC. The molecule has 0 aliphatic heterocycles. The van der Waals surface area contributed by atoms with Crippen molar-refractivity contribution in [1.29, 1.82) is 0 Å². The van der Waals surface area contributed by atoms with Gasteiger partial charge in [0.05, 0.1) is 0 Å². The zero-order valence-electron chi connectivity index (χ0n) is 6.82. The lowest BCUT2D eigenvalue weighted by Crippen LogP contribution is -2.29. The van der Waals surface area contributed by atoms with E-state index < -0.39 is 0 Å². The van der Waals surface area contributed by atoms with Crippen LogP contribution in [0, 0.1) is 0 Å². The van der Waals surface area contributed by atoms with E-state index in [2.05, 4.69) is 22.6 Å². The van der Waals surface area contributed by atoms with Gasteiger partial charge < -0.3 is 9.47 Å². The molecule has 0 aromatic rings. The minimum atomic E-state index is -0.370. The Morgan fingerprint density at radius 2 is 1.80 bits per heavy atom. The smallest absolute Gasteiger partial charge is 0.164 e. The monoisotopic (exact) mass is 258 g/mol. The topological polar surface area (TPSA) is 18.5 Å². The van der Waals surface area contributed by atoms with E-state index in [-0.39, 0.29) is 5.79 Å². The van der Waals surface area contributed by atoms with Crippen LogP contribution in [-0.2, 0) is 9.47 Å². The van der Waals surface area contributed by atoms with Crippen molar-refractivity contribution in [3.63, 3.8) is 0 Å². The van der Waals surface area contributed by atoms with Gasteiger partial charge in [0.2, 0.25) is 0 Å². The minimum Gasteiger partial charge on any atom is -0.353 e. The second-order valence-electron chi connectivity index (χ2n) is 2.33. The van der Waals surface area contributed by atoms with E-state index >= 15 is 0 Å². The summed E-state index contributed by atoms with van der Waals surface area (Å²) in [5, 5.41) is 0. The molecule has 0 rings (SSSR count). The Morgan fingerprint density at radius 3 is 2.10 bits per heavy atom. The minimum absolute atomic E-state index is 0.370. The van der Waals surface area contributed by atoms with Crippen LogP contribution in [0.3, 0.4) is 0 Å². The summed E-state index contributed by atoms with van der Waals surface area (Å²) in [5.41, 5.74) is 0. The Labute approximate surface area is 76.4 Å². The molecule has 3 heteroatoms. The largest absolute Gasteiger partial charge is 0.353 e. The molecule has 0 amide bonds.